The molecule has 2 N–H and O–H groups in total. The van der Waals surface area contributed by atoms with Gasteiger partial charge in [0.1, 0.15) is 0 Å². The largest absolute Gasteiger partial charge is 0.481 e. The topological polar surface area (TPSA) is 57.5 Å². The van der Waals surface area contributed by atoms with Gasteiger partial charge in [-0.05, 0) is 5.92 Å². The van der Waals surface area contributed by atoms with E-state index in [0.717, 1.165) is 0 Å². The molecule has 0 fully saturated rings. The average Bonchev–Trinajstić information content (AvgIpc) is 1.89. The van der Waals surface area contributed by atoms with Crippen LogP contribution in [0.5, 0.6) is 0 Å². The molecule has 0 aromatic rings. The molecule has 0 rings (SSSR count). The van der Waals surface area contributed by atoms with Crippen molar-refractivity contribution >= 4 is 5.97 Å². The molecule has 0 radical (unpaired) electrons. The van der Waals surface area contributed by atoms with Crippen LogP contribution >= 0.6 is 0 Å². The van der Waals surface area contributed by atoms with Crippen molar-refractivity contribution < 1.29 is 15.0 Å². The van der Waals surface area contributed by atoms with Crippen LogP contribution in [0.2, 0.25) is 0 Å². The molecular weight excluding hydrogens is 132 g/mol. The zero-order valence-corrected chi connectivity index (χ0v) is 6.79. The molecule has 62 valence electrons. The summed E-state index contributed by atoms with van der Waals surface area (Å²) in [7, 11) is 0. The van der Waals surface area contributed by atoms with Gasteiger partial charge < -0.3 is 10.2 Å². The number of carboxylic acids is 1. The van der Waals surface area contributed by atoms with Crippen LogP contribution in [0.3, 0.4) is 0 Å². The molecule has 0 saturated heterocycles. The van der Waals surface area contributed by atoms with E-state index in [1.807, 2.05) is 13.8 Å². The predicted octanol–water partition coefficient (Wildman–Crippen LogP) is 1.12. The van der Waals surface area contributed by atoms with Crippen molar-refractivity contribution in [2.45, 2.75) is 27.2 Å². The first-order valence-electron chi connectivity index (χ1n) is 3.37. The van der Waals surface area contributed by atoms with Gasteiger partial charge in [-0.25, -0.2) is 0 Å². The second kappa shape index (κ2) is 8.43. The summed E-state index contributed by atoms with van der Waals surface area (Å²) < 4.78 is 0. The Balaban J connectivity index is 0. The molecule has 0 aliphatic heterocycles. The molecule has 0 spiro atoms. The summed E-state index contributed by atoms with van der Waals surface area (Å²) in [6.45, 7) is 5.85. The average molecular weight is 148 g/mol. The van der Waals surface area contributed by atoms with E-state index in [-0.39, 0.29) is 6.42 Å². The minimum absolute atomic E-state index is 0.222. The van der Waals surface area contributed by atoms with Gasteiger partial charge in [-0.2, -0.15) is 0 Å². The van der Waals surface area contributed by atoms with E-state index in [9.17, 15) is 4.79 Å². The molecular formula is C7H16O3. The zero-order chi connectivity index (χ0) is 8.57. The lowest BCUT2D eigenvalue weighted by Crippen LogP contribution is -1.90. The Kier molecular flexibility index (Phi) is 10.2. The second-order valence-corrected chi connectivity index (χ2v) is 2.32. The SMILES string of the molecule is CC(C)CO.CCC(=O)O. The summed E-state index contributed by atoms with van der Waals surface area (Å²) in [5, 5.41) is 15.9. The van der Waals surface area contributed by atoms with Gasteiger partial charge in [-0.1, -0.05) is 20.8 Å². The first kappa shape index (κ1) is 12.1. The Morgan fingerprint density at radius 1 is 1.50 bits per heavy atom. The number of aliphatic carboxylic acids is 1. The molecule has 0 aliphatic carbocycles. The summed E-state index contributed by atoms with van der Waals surface area (Å²) >= 11 is 0. The standard InChI is InChI=1S/C4H10O.C3H6O2/c1-4(2)3-5;1-2-3(4)5/h4-5H,3H2,1-2H3;2H2,1H3,(H,4,5). The Hall–Kier alpha value is -0.570. The Morgan fingerprint density at radius 3 is 1.70 bits per heavy atom. The summed E-state index contributed by atoms with van der Waals surface area (Å²) in [5.41, 5.74) is 0. The zero-order valence-electron chi connectivity index (χ0n) is 6.79. The number of hydrogen-bond acceptors (Lipinski definition) is 2. The number of hydrogen-bond donors (Lipinski definition) is 2. The fourth-order valence-electron chi connectivity index (χ4n) is 0. The van der Waals surface area contributed by atoms with E-state index in [0.29, 0.717) is 12.5 Å². The van der Waals surface area contributed by atoms with Crippen LogP contribution in [-0.2, 0) is 4.79 Å². The van der Waals surface area contributed by atoms with Gasteiger partial charge in [-0.15, -0.1) is 0 Å². The van der Waals surface area contributed by atoms with Crippen molar-refractivity contribution in [3.63, 3.8) is 0 Å². The van der Waals surface area contributed by atoms with E-state index in [2.05, 4.69) is 0 Å². The molecule has 0 saturated carbocycles. The summed E-state index contributed by atoms with van der Waals surface area (Å²) in [6, 6.07) is 0. The van der Waals surface area contributed by atoms with Gasteiger partial charge in [0.05, 0.1) is 0 Å². The monoisotopic (exact) mass is 148 g/mol. The van der Waals surface area contributed by atoms with E-state index >= 15 is 0 Å². The van der Waals surface area contributed by atoms with Crippen LogP contribution in [-0.4, -0.2) is 22.8 Å². The van der Waals surface area contributed by atoms with E-state index < -0.39 is 5.97 Å². The van der Waals surface area contributed by atoms with Crippen LogP contribution < -0.4 is 0 Å². The van der Waals surface area contributed by atoms with Gasteiger partial charge in [0.25, 0.3) is 0 Å². The van der Waals surface area contributed by atoms with Crippen molar-refractivity contribution in [3.8, 4) is 0 Å². The Labute approximate surface area is 61.7 Å². The first-order valence-corrected chi connectivity index (χ1v) is 3.37. The quantitative estimate of drug-likeness (QED) is 0.616. The first-order chi connectivity index (χ1) is 4.54. The van der Waals surface area contributed by atoms with Gasteiger partial charge in [0.2, 0.25) is 0 Å². The van der Waals surface area contributed by atoms with Crippen LogP contribution in [0.15, 0.2) is 0 Å². The second-order valence-electron chi connectivity index (χ2n) is 2.32. The van der Waals surface area contributed by atoms with E-state index in [1.165, 1.54) is 0 Å². The van der Waals surface area contributed by atoms with E-state index in [4.69, 9.17) is 10.2 Å². The van der Waals surface area contributed by atoms with E-state index in [1.54, 1.807) is 6.92 Å². The third-order valence-corrected chi connectivity index (χ3v) is 0.668. The third-order valence-electron chi connectivity index (χ3n) is 0.668. The highest BCUT2D eigenvalue weighted by atomic mass is 16.4. The maximum atomic E-state index is 9.37. The molecule has 3 heteroatoms. The van der Waals surface area contributed by atoms with Crippen LogP contribution in [0, 0.1) is 5.92 Å². The molecule has 0 aromatic heterocycles. The van der Waals surface area contributed by atoms with Crippen molar-refractivity contribution in [3.05, 3.63) is 0 Å². The normalized spacial score (nSPS) is 8.50. The molecule has 10 heavy (non-hydrogen) atoms. The molecule has 0 atom stereocenters. The molecule has 0 amide bonds. The number of aliphatic hydroxyl groups excluding tert-OH is 1. The van der Waals surface area contributed by atoms with Crippen LogP contribution in [0.1, 0.15) is 27.2 Å². The fraction of sp³-hybridized carbons (Fsp3) is 0.857. The highest BCUT2D eigenvalue weighted by Crippen LogP contribution is 1.83. The molecule has 0 aromatic carbocycles. The molecule has 3 nitrogen and oxygen atoms in total. The summed E-state index contributed by atoms with van der Waals surface area (Å²) in [4.78, 5) is 9.37. The van der Waals surface area contributed by atoms with Crippen molar-refractivity contribution in [2.24, 2.45) is 5.92 Å². The van der Waals surface area contributed by atoms with Gasteiger partial charge in [0.15, 0.2) is 0 Å². The van der Waals surface area contributed by atoms with Crippen molar-refractivity contribution in [2.75, 3.05) is 6.61 Å². The summed E-state index contributed by atoms with van der Waals surface area (Å²) in [5.74, 6) is -0.306. The maximum absolute atomic E-state index is 9.37. The van der Waals surface area contributed by atoms with Gasteiger partial charge in [0, 0.05) is 13.0 Å². The lowest BCUT2D eigenvalue weighted by Gasteiger charge is -1.90. The van der Waals surface area contributed by atoms with Crippen LogP contribution in [0.4, 0.5) is 0 Å². The van der Waals surface area contributed by atoms with Crippen molar-refractivity contribution in [1.82, 2.24) is 0 Å². The lowest BCUT2D eigenvalue weighted by molar-refractivity contribution is -0.136. The number of rotatable bonds is 2. The predicted molar refractivity (Wildman–Crippen MR) is 39.9 cm³/mol. The van der Waals surface area contributed by atoms with Crippen LogP contribution in [0.25, 0.3) is 0 Å². The minimum Gasteiger partial charge on any atom is -0.481 e. The molecule has 0 unspecified atom stereocenters. The smallest absolute Gasteiger partial charge is 0.303 e. The third kappa shape index (κ3) is 26.1. The molecule has 0 bridgehead atoms. The highest BCUT2D eigenvalue weighted by molar-refractivity contribution is 5.66. The Morgan fingerprint density at radius 2 is 1.70 bits per heavy atom. The lowest BCUT2D eigenvalue weighted by atomic mass is 10.2. The van der Waals surface area contributed by atoms with Gasteiger partial charge in [-0.3, -0.25) is 4.79 Å². The van der Waals surface area contributed by atoms with Gasteiger partial charge >= 0.3 is 5.97 Å². The minimum atomic E-state index is -0.745. The molecule has 0 aliphatic rings. The maximum Gasteiger partial charge on any atom is 0.303 e. The van der Waals surface area contributed by atoms with Crippen molar-refractivity contribution in [1.29, 1.82) is 0 Å². The Bertz CT molecular complexity index is 78.9. The number of aliphatic hydroxyl groups is 1. The number of carboxylic acid groups (broad SMARTS) is 1. The summed E-state index contributed by atoms with van der Waals surface area (Å²) in [6.07, 6.45) is 0.222. The fourth-order valence-corrected chi connectivity index (χ4v) is 0. The number of carbonyl (C=O) groups is 1. The highest BCUT2D eigenvalue weighted by Gasteiger charge is 1.81. The molecule has 0 heterocycles.